The van der Waals surface area contributed by atoms with Crippen molar-refractivity contribution in [2.75, 3.05) is 26.0 Å². The highest BCUT2D eigenvalue weighted by Gasteiger charge is 2.26. The molecule has 0 bridgehead atoms. The van der Waals surface area contributed by atoms with Crippen molar-refractivity contribution in [2.24, 2.45) is 5.92 Å². The summed E-state index contributed by atoms with van der Waals surface area (Å²) < 4.78 is 32.2. The molecule has 1 N–H and O–H groups in total. The second-order valence-corrected chi connectivity index (χ2v) is 10.4. The van der Waals surface area contributed by atoms with Gasteiger partial charge in [-0.1, -0.05) is 38.2 Å². The minimum absolute atomic E-state index is 0.0498. The Morgan fingerprint density at radius 1 is 1.21 bits per heavy atom. The van der Waals surface area contributed by atoms with E-state index in [2.05, 4.69) is 5.32 Å². The van der Waals surface area contributed by atoms with Crippen LogP contribution in [-0.2, 0) is 27.8 Å². The average Bonchev–Trinajstić information content (AvgIpc) is 2.75. The number of nitrogens with zero attached hydrogens (tertiary/aromatic N) is 1. The Hall–Kier alpha value is -1.60. The van der Waals surface area contributed by atoms with Gasteiger partial charge in [0.25, 0.3) is 0 Å². The zero-order valence-electron chi connectivity index (χ0n) is 17.5. The van der Waals surface area contributed by atoms with Crippen molar-refractivity contribution in [3.63, 3.8) is 0 Å². The first kappa shape index (κ1) is 22.1. The van der Waals surface area contributed by atoms with E-state index in [0.29, 0.717) is 44.8 Å². The van der Waals surface area contributed by atoms with Crippen LogP contribution in [0.3, 0.4) is 0 Å². The molecule has 2 aliphatic rings. The lowest BCUT2D eigenvalue weighted by Crippen LogP contribution is -2.38. The largest absolute Gasteiger partial charge is 0.497 e. The molecule has 1 saturated carbocycles. The van der Waals surface area contributed by atoms with Gasteiger partial charge in [-0.25, -0.2) is 8.42 Å². The molecule has 0 spiro atoms. The summed E-state index contributed by atoms with van der Waals surface area (Å²) >= 11 is 0. The predicted octanol–water partition coefficient (Wildman–Crippen LogP) is 3.25. The van der Waals surface area contributed by atoms with Crippen LogP contribution in [0.5, 0.6) is 5.75 Å². The lowest BCUT2D eigenvalue weighted by atomic mass is 9.86. The van der Waals surface area contributed by atoms with Gasteiger partial charge in [-0.15, -0.1) is 0 Å². The molecule has 0 radical (unpaired) electrons. The number of fused-ring (bicyclic) bond motifs is 1. The van der Waals surface area contributed by atoms with Crippen LogP contribution in [0.2, 0.25) is 0 Å². The van der Waals surface area contributed by atoms with Crippen LogP contribution < -0.4 is 10.1 Å². The van der Waals surface area contributed by atoms with E-state index in [1.54, 1.807) is 11.4 Å². The third-order valence-corrected chi connectivity index (χ3v) is 8.09. The predicted molar refractivity (Wildman–Crippen MR) is 114 cm³/mol. The molecule has 3 rings (SSSR count). The number of benzene rings is 1. The van der Waals surface area contributed by atoms with Crippen molar-refractivity contribution in [3.8, 4) is 5.75 Å². The number of amides is 1. The Morgan fingerprint density at radius 3 is 2.76 bits per heavy atom. The molecule has 1 aromatic carbocycles. The molecule has 162 valence electrons. The van der Waals surface area contributed by atoms with Crippen molar-refractivity contribution in [2.45, 2.75) is 64.3 Å². The van der Waals surface area contributed by atoms with Crippen molar-refractivity contribution in [1.82, 2.24) is 9.62 Å². The molecule has 1 aromatic rings. The van der Waals surface area contributed by atoms with Gasteiger partial charge in [-0.05, 0) is 48.4 Å². The monoisotopic (exact) mass is 422 g/mol. The van der Waals surface area contributed by atoms with Crippen LogP contribution >= 0.6 is 0 Å². The molecular formula is C22H34N2O4S. The third-order valence-electron chi connectivity index (χ3n) is 6.19. The van der Waals surface area contributed by atoms with Crippen LogP contribution in [0.4, 0.5) is 0 Å². The number of sulfonamides is 1. The van der Waals surface area contributed by atoms with Gasteiger partial charge in [0.15, 0.2) is 0 Å². The summed E-state index contributed by atoms with van der Waals surface area (Å²) in [6.07, 6.45) is 9.07. The Labute approximate surface area is 175 Å². The highest BCUT2D eigenvalue weighted by molar-refractivity contribution is 7.89. The first-order chi connectivity index (χ1) is 14.0. The number of carbonyl (C=O) groups excluding carboxylic acids is 1. The third kappa shape index (κ3) is 6.44. The van der Waals surface area contributed by atoms with Crippen molar-refractivity contribution < 1.29 is 17.9 Å². The van der Waals surface area contributed by atoms with E-state index in [4.69, 9.17) is 4.74 Å². The second-order valence-electron chi connectivity index (χ2n) is 8.28. The Morgan fingerprint density at radius 2 is 2.00 bits per heavy atom. The summed E-state index contributed by atoms with van der Waals surface area (Å²) in [7, 11) is -1.68. The summed E-state index contributed by atoms with van der Waals surface area (Å²) in [5.74, 6) is 1.62. The summed E-state index contributed by atoms with van der Waals surface area (Å²) in [5, 5.41) is 2.89. The maximum Gasteiger partial charge on any atom is 0.220 e. The normalized spacial score (nSPS) is 18.2. The molecule has 1 aliphatic carbocycles. The molecule has 0 saturated heterocycles. The summed E-state index contributed by atoms with van der Waals surface area (Å²) in [6, 6.07) is 5.81. The fraction of sp³-hybridized carbons (Fsp3) is 0.682. The Kier molecular flexibility index (Phi) is 7.95. The summed E-state index contributed by atoms with van der Waals surface area (Å²) in [5.41, 5.74) is 2.19. The fourth-order valence-corrected chi connectivity index (χ4v) is 5.85. The van der Waals surface area contributed by atoms with E-state index < -0.39 is 10.0 Å². The fourth-order valence-electron chi connectivity index (χ4n) is 4.38. The summed E-state index contributed by atoms with van der Waals surface area (Å²) in [4.78, 5) is 12.0. The molecule has 0 aromatic heterocycles. The van der Waals surface area contributed by atoms with Gasteiger partial charge in [0.2, 0.25) is 15.9 Å². The molecule has 1 fully saturated rings. The molecular weight excluding hydrogens is 388 g/mol. The van der Waals surface area contributed by atoms with E-state index in [9.17, 15) is 13.2 Å². The van der Waals surface area contributed by atoms with E-state index in [-0.39, 0.29) is 11.7 Å². The van der Waals surface area contributed by atoms with Gasteiger partial charge in [-0.2, -0.15) is 4.31 Å². The first-order valence-electron chi connectivity index (χ1n) is 10.9. The molecule has 0 unspecified atom stereocenters. The SMILES string of the molecule is COc1ccc2c(c1)CCN(S(=O)(=O)CCCNC(=O)CCC1CCCCC1)C2. The van der Waals surface area contributed by atoms with Crippen LogP contribution in [-0.4, -0.2) is 44.6 Å². The quantitative estimate of drug-likeness (QED) is 0.620. The lowest BCUT2D eigenvalue weighted by Gasteiger charge is -2.28. The molecule has 6 nitrogen and oxygen atoms in total. The van der Waals surface area contributed by atoms with E-state index in [1.165, 1.54) is 32.1 Å². The number of hydrogen-bond acceptors (Lipinski definition) is 4. The summed E-state index contributed by atoms with van der Waals surface area (Å²) in [6.45, 7) is 1.33. The van der Waals surface area contributed by atoms with Gasteiger partial charge in [0, 0.05) is 26.1 Å². The van der Waals surface area contributed by atoms with E-state index in [0.717, 1.165) is 23.3 Å². The number of ether oxygens (including phenoxy) is 1. The zero-order valence-corrected chi connectivity index (χ0v) is 18.3. The minimum Gasteiger partial charge on any atom is -0.497 e. The Balaban J connectivity index is 1.38. The number of rotatable bonds is 9. The van der Waals surface area contributed by atoms with Crippen LogP contribution in [0.15, 0.2) is 18.2 Å². The topological polar surface area (TPSA) is 75.7 Å². The minimum atomic E-state index is -3.32. The second kappa shape index (κ2) is 10.4. The van der Waals surface area contributed by atoms with Crippen molar-refractivity contribution >= 4 is 15.9 Å². The van der Waals surface area contributed by atoms with E-state index >= 15 is 0 Å². The highest BCUT2D eigenvalue weighted by atomic mass is 32.2. The number of nitrogens with one attached hydrogen (secondary N) is 1. The van der Waals surface area contributed by atoms with Crippen LogP contribution in [0.1, 0.15) is 62.5 Å². The van der Waals surface area contributed by atoms with Crippen LogP contribution in [0, 0.1) is 5.92 Å². The highest BCUT2D eigenvalue weighted by Crippen LogP contribution is 2.27. The maximum atomic E-state index is 12.7. The lowest BCUT2D eigenvalue weighted by molar-refractivity contribution is -0.121. The first-order valence-corrected chi connectivity index (χ1v) is 12.5. The molecule has 1 heterocycles. The molecule has 0 atom stereocenters. The van der Waals surface area contributed by atoms with Gasteiger partial charge < -0.3 is 10.1 Å². The average molecular weight is 423 g/mol. The van der Waals surface area contributed by atoms with Gasteiger partial charge in [0.05, 0.1) is 12.9 Å². The van der Waals surface area contributed by atoms with Crippen molar-refractivity contribution in [3.05, 3.63) is 29.3 Å². The van der Waals surface area contributed by atoms with E-state index in [1.807, 2.05) is 18.2 Å². The number of hydrogen-bond donors (Lipinski definition) is 1. The zero-order chi connectivity index (χ0) is 20.7. The van der Waals surface area contributed by atoms with Crippen LogP contribution in [0.25, 0.3) is 0 Å². The van der Waals surface area contributed by atoms with Gasteiger partial charge >= 0.3 is 0 Å². The molecule has 7 heteroatoms. The maximum absolute atomic E-state index is 12.7. The van der Waals surface area contributed by atoms with Gasteiger partial charge in [-0.3, -0.25) is 4.79 Å². The van der Waals surface area contributed by atoms with Gasteiger partial charge in [0.1, 0.15) is 5.75 Å². The van der Waals surface area contributed by atoms with Crippen molar-refractivity contribution in [1.29, 1.82) is 0 Å². The molecule has 1 amide bonds. The number of methoxy groups -OCH3 is 1. The molecule has 29 heavy (non-hydrogen) atoms. The standard InChI is InChI=1S/C22H34N2O4S/c1-28-21-10-9-20-17-24(14-12-19(20)16-21)29(26,27)15-5-13-23-22(25)11-8-18-6-3-2-4-7-18/h9-10,16,18H,2-8,11-15,17H2,1H3,(H,23,25). The smallest absolute Gasteiger partial charge is 0.220 e. The Bertz CT molecular complexity index is 788. The number of carbonyl (C=O) groups is 1. The molecule has 1 aliphatic heterocycles.